The van der Waals surface area contributed by atoms with Gasteiger partial charge in [-0.25, -0.2) is 19.7 Å². The molecule has 0 bridgehead atoms. The van der Waals surface area contributed by atoms with Crippen LogP contribution in [-0.2, 0) is 6.54 Å². The van der Waals surface area contributed by atoms with Crippen molar-refractivity contribution in [2.24, 2.45) is 17.8 Å². The summed E-state index contributed by atoms with van der Waals surface area (Å²) in [7, 11) is 0. The molecule has 2 saturated carbocycles. The van der Waals surface area contributed by atoms with E-state index in [1.54, 1.807) is 0 Å². The van der Waals surface area contributed by atoms with Crippen molar-refractivity contribution in [3.63, 3.8) is 0 Å². The second-order valence-corrected chi connectivity index (χ2v) is 12.1. The molecule has 0 unspecified atom stereocenters. The summed E-state index contributed by atoms with van der Waals surface area (Å²) < 4.78 is 7.07. The molecule has 1 atom stereocenters. The van der Waals surface area contributed by atoms with Gasteiger partial charge in [-0.2, -0.15) is 0 Å². The van der Waals surface area contributed by atoms with Crippen molar-refractivity contribution in [2.75, 3.05) is 5.32 Å². The monoisotopic (exact) mass is 544 g/mol. The Bertz CT molecular complexity index is 1520. The van der Waals surface area contributed by atoms with E-state index >= 15 is 0 Å². The van der Waals surface area contributed by atoms with Crippen LogP contribution >= 0.6 is 0 Å². The zero-order valence-electron chi connectivity index (χ0n) is 24.0. The van der Waals surface area contributed by atoms with E-state index in [4.69, 9.17) is 24.5 Å². The standard InChI is InChI=1S/C30H40N8O2/c1-5-19-9-11-20(12-10-19)16-38-24-25(32-18(4)21-7-6-8-21)33-27(28-36-30(39)40-37-28)34-26(24)35-29(38)23-15-22(17(2)3)13-14-31-23/h13-15,17-21H,5-12,16H2,1-4H3,(H,32,33,34)(H,36,37,39)/t18-,19-,20-/m1/s1. The van der Waals surface area contributed by atoms with E-state index in [0.29, 0.717) is 29.2 Å². The molecule has 10 heteroatoms. The Morgan fingerprint density at radius 1 is 1.07 bits per heavy atom. The zero-order chi connectivity index (χ0) is 27.8. The minimum atomic E-state index is -0.639. The van der Waals surface area contributed by atoms with Crippen molar-refractivity contribution >= 4 is 17.0 Å². The van der Waals surface area contributed by atoms with Gasteiger partial charge in [0.2, 0.25) is 11.6 Å². The first-order valence-electron chi connectivity index (χ1n) is 15.0. The largest absolute Gasteiger partial charge is 0.439 e. The summed E-state index contributed by atoms with van der Waals surface area (Å²) in [6.45, 7) is 9.74. The number of hydrogen-bond acceptors (Lipinski definition) is 8. The highest BCUT2D eigenvalue weighted by atomic mass is 16.5. The number of imidazole rings is 1. The summed E-state index contributed by atoms with van der Waals surface area (Å²) >= 11 is 0. The van der Waals surface area contributed by atoms with E-state index < -0.39 is 5.76 Å². The Balaban J connectivity index is 1.50. The molecule has 2 fully saturated rings. The maximum absolute atomic E-state index is 11.7. The summed E-state index contributed by atoms with van der Waals surface area (Å²) in [5.74, 6) is 3.71. The quantitative estimate of drug-likeness (QED) is 0.256. The highest BCUT2D eigenvalue weighted by Crippen LogP contribution is 2.37. The highest BCUT2D eigenvalue weighted by Gasteiger charge is 2.29. The van der Waals surface area contributed by atoms with Gasteiger partial charge in [0.15, 0.2) is 17.3 Å². The van der Waals surface area contributed by atoms with Crippen LogP contribution in [0.2, 0.25) is 0 Å². The summed E-state index contributed by atoms with van der Waals surface area (Å²) in [5.41, 5.74) is 3.49. The minimum absolute atomic E-state index is 0.195. The molecule has 2 aliphatic carbocycles. The lowest BCUT2D eigenvalue weighted by molar-refractivity contribution is 0.250. The van der Waals surface area contributed by atoms with Gasteiger partial charge in [0.05, 0.1) is 0 Å². The number of nitrogens with one attached hydrogen (secondary N) is 2. The molecule has 0 amide bonds. The summed E-state index contributed by atoms with van der Waals surface area (Å²) in [6.07, 6.45) is 11.8. The number of aromatic amines is 1. The van der Waals surface area contributed by atoms with E-state index in [1.165, 1.54) is 56.9 Å². The summed E-state index contributed by atoms with van der Waals surface area (Å²) in [6, 6.07) is 4.45. The molecule has 0 saturated heterocycles. The number of hydrogen-bond donors (Lipinski definition) is 2. The van der Waals surface area contributed by atoms with Gasteiger partial charge in [0, 0.05) is 18.8 Å². The molecule has 2 aliphatic rings. The fourth-order valence-electron chi connectivity index (χ4n) is 6.22. The highest BCUT2D eigenvalue weighted by molar-refractivity contribution is 5.88. The van der Waals surface area contributed by atoms with Crippen LogP contribution in [0.1, 0.15) is 90.5 Å². The number of rotatable bonds is 9. The van der Waals surface area contributed by atoms with Crippen LogP contribution in [0.15, 0.2) is 27.6 Å². The normalized spacial score (nSPS) is 20.6. The van der Waals surface area contributed by atoms with Crippen LogP contribution in [-0.4, -0.2) is 40.7 Å². The van der Waals surface area contributed by atoms with Gasteiger partial charge < -0.3 is 9.88 Å². The number of H-pyrrole nitrogens is 1. The number of pyridine rings is 1. The van der Waals surface area contributed by atoms with Crippen molar-refractivity contribution in [3.05, 3.63) is 34.4 Å². The summed E-state index contributed by atoms with van der Waals surface area (Å²) in [4.78, 5) is 33.9. The average Bonchev–Trinajstić information content (AvgIpc) is 3.52. The van der Waals surface area contributed by atoms with Crippen LogP contribution in [0, 0.1) is 17.8 Å². The fraction of sp³-hybridized carbons (Fsp3) is 0.600. The summed E-state index contributed by atoms with van der Waals surface area (Å²) in [5, 5.41) is 7.57. The molecule has 212 valence electrons. The number of nitrogens with zero attached hydrogens (tertiary/aromatic N) is 6. The van der Waals surface area contributed by atoms with Gasteiger partial charge in [-0.3, -0.25) is 14.5 Å². The first-order chi connectivity index (χ1) is 19.4. The predicted octanol–water partition coefficient (Wildman–Crippen LogP) is 6.17. The Morgan fingerprint density at radius 2 is 1.85 bits per heavy atom. The SMILES string of the molecule is CC[C@H]1CC[C@H](Cn2c(-c3cc(C(C)C)ccn3)nc3nc(-c4noc(=O)[nH]4)nc(N[C@H](C)C4CCC4)c32)CC1. The lowest BCUT2D eigenvalue weighted by Gasteiger charge is -2.32. The lowest BCUT2D eigenvalue weighted by atomic mass is 9.80. The van der Waals surface area contributed by atoms with E-state index in [2.05, 4.69) is 59.9 Å². The van der Waals surface area contributed by atoms with Gasteiger partial charge >= 0.3 is 5.76 Å². The van der Waals surface area contributed by atoms with Gasteiger partial charge in [-0.15, -0.1) is 0 Å². The molecule has 4 aromatic heterocycles. The molecule has 2 N–H and O–H groups in total. The third-order valence-electron chi connectivity index (χ3n) is 9.14. The van der Waals surface area contributed by atoms with Crippen LogP contribution in [0.5, 0.6) is 0 Å². The third-order valence-corrected chi connectivity index (χ3v) is 9.14. The smallest absolute Gasteiger partial charge is 0.365 e. The van der Waals surface area contributed by atoms with Crippen molar-refractivity contribution < 1.29 is 4.52 Å². The number of aromatic nitrogens is 7. The molecular formula is C30H40N8O2. The van der Waals surface area contributed by atoms with Crippen LogP contribution in [0.25, 0.3) is 34.3 Å². The van der Waals surface area contributed by atoms with Crippen LogP contribution < -0.4 is 11.1 Å². The maximum atomic E-state index is 11.7. The van der Waals surface area contributed by atoms with Gasteiger partial charge in [-0.1, -0.05) is 51.6 Å². The molecule has 0 aliphatic heterocycles. The topological polar surface area (TPSA) is 127 Å². The Labute approximate surface area is 234 Å². The molecular weight excluding hydrogens is 504 g/mol. The maximum Gasteiger partial charge on any atom is 0.439 e. The van der Waals surface area contributed by atoms with Crippen molar-refractivity contribution in [3.8, 4) is 23.2 Å². The molecule has 4 heterocycles. The van der Waals surface area contributed by atoms with E-state index in [0.717, 1.165) is 29.5 Å². The second-order valence-electron chi connectivity index (χ2n) is 12.1. The Kier molecular flexibility index (Phi) is 7.42. The molecule has 0 spiro atoms. The van der Waals surface area contributed by atoms with E-state index in [-0.39, 0.29) is 17.7 Å². The third kappa shape index (κ3) is 5.28. The zero-order valence-corrected chi connectivity index (χ0v) is 24.0. The molecule has 0 radical (unpaired) electrons. The van der Waals surface area contributed by atoms with Crippen molar-refractivity contribution in [1.29, 1.82) is 0 Å². The van der Waals surface area contributed by atoms with Crippen LogP contribution in [0.3, 0.4) is 0 Å². The van der Waals surface area contributed by atoms with Gasteiger partial charge in [0.1, 0.15) is 11.2 Å². The minimum Gasteiger partial charge on any atom is -0.365 e. The van der Waals surface area contributed by atoms with E-state index in [9.17, 15) is 4.79 Å². The molecule has 0 aromatic carbocycles. The van der Waals surface area contributed by atoms with Gasteiger partial charge in [-0.05, 0) is 74.0 Å². The second kappa shape index (κ2) is 11.1. The lowest BCUT2D eigenvalue weighted by Crippen LogP contribution is -2.31. The van der Waals surface area contributed by atoms with E-state index in [1.807, 2.05) is 6.20 Å². The van der Waals surface area contributed by atoms with Gasteiger partial charge in [0.25, 0.3) is 0 Å². The number of anilines is 1. The van der Waals surface area contributed by atoms with Crippen LogP contribution in [0.4, 0.5) is 5.82 Å². The molecule has 6 rings (SSSR count). The number of fused-ring (bicyclic) bond motifs is 1. The molecule has 40 heavy (non-hydrogen) atoms. The predicted molar refractivity (Wildman–Crippen MR) is 155 cm³/mol. The van der Waals surface area contributed by atoms with Crippen molar-refractivity contribution in [2.45, 2.75) is 97.6 Å². The first-order valence-corrected chi connectivity index (χ1v) is 15.0. The fourth-order valence-corrected chi connectivity index (χ4v) is 6.22. The Morgan fingerprint density at radius 3 is 2.50 bits per heavy atom. The molecule has 4 aromatic rings. The Hall–Kier alpha value is -3.56. The first kappa shape index (κ1) is 26.7. The van der Waals surface area contributed by atoms with Crippen molar-refractivity contribution in [1.82, 2.24) is 34.6 Å². The average molecular weight is 545 g/mol. The molecule has 10 nitrogen and oxygen atoms in total.